The minimum absolute atomic E-state index is 0.363. The van der Waals surface area contributed by atoms with Crippen LogP contribution < -0.4 is 27.4 Å². The molecule has 12 rings (SSSR count). The Hall–Kier alpha value is -9.78. The zero-order valence-corrected chi connectivity index (χ0v) is 60.1. The molecule has 6 heterocycles. The largest absolute Gasteiger partial charge is 0.215 e. The van der Waals surface area contributed by atoms with Crippen molar-refractivity contribution in [3.05, 3.63) is 320 Å². The molecular weight excluding hydrogens is 1140 g/mol. The summed E-state index contributed by atoms with van der Waals surface area (Å²) in [5.74, 6) is 0. The number of aryl methyl sites for hydroxylation is 19. The summed E-state index contributed by atoms with van der Waals surface area (Å²) in [6.45, 7) is 30.3. The summed E-state index contributed by atoms with van der Waals surface area (Å²) in [5, 5.41) is 0. The van der Waals surface area contributed by atoms with E-state index in [9.17, 15) is 0 Å². The summed E-state index contributed by atoms with van der Waals surface area (Å²) in [6.07, 6.45) is 12.4. The van der Waals surface area contributed by atoms with Crippen molar-refractivity contribution in [1.82, 2.24) is 0 Å². The van der Waals surface area contributed by atoms with Crippen LogP contribution in [0.1, 0.15) is 93.1 Å². The zero-order chi connectivity index (χ0) is 71.0. The third kappa shape index (κ3) is 18.1. The van der Waals surface area contributed by atoms with Gasteiger partial charge in [0.1, 0.15) is 42.3 Å². The van der Waals surface area contributed by atoms with Crippen molar-refractivity contribution in [2.45, 2.75) is 111 Å². The third-order valence-corrected chi connectivity index (χ3v) is 17.9. The molecule has 6 heteroatoms. The smallest absolute Gasteiger partial charge is 0.201 e. The van der Waals surface area contributed by atoms with E-state index in [4.69, 9.17) is 4.11 Å². The lowest BCUT2D eigenvalue weighted by molar-refractivity contribution is -0.661. The highest BCUT2D eigenvalue weighted by Crippen LogP contribution is 2.29. The zero-order valence-electron chi connectivity index (χ0n) is 63.1. The van der Waals surface area contributed by atoms with E-state index in [1.165, 1.54) is 140 Å². The number of pyridine rings is 6. The minimum atomic E-state index is -2.05. The normalized spacial score (nSPS) is 11.1. The van der Waals surface area contributed by atoms with E-state index < -0.39 is 6.85 Å². The van der Waals surface area contributed by atoms with Crippen molar-refractivity contribution in [2.75, 3.05) is 0 Å². The maximum atomic E-state index is 7.41. The van der Waals surface area contributed by atoms with E-state index >= 15 is 0 Å². The average molecular weight is 1250 g/mol. The Morgan fingerprint density at radius 2 is 0.606 bits per heavy atom. The van der Waals surface area contributed by atoms with E-state index in [0.29, 0.717) is 5.56 Å². The van der Waals surface area contributed by atoms with Crippen molar-refractivity contribution in [3.63, 3.8) is 0 Å². The first-order valence-corrected chi connectivity index (χ1v) is 32.7. The highest BCUT2D eigenvalue weighted by atomic mass is 14.9. The van der Waals surface area contributed by atoms with Gasteiger partial charge in [-0.05, 0) is 215 Å². The Kier molecular flexibility index (Phi) is 23.7. The highest BCUT2D eigenvalue weighted by Gasteiger charge is 2.21. The Morgan fingerprint density at radius 3 is 1.05 bits per heavy atom. The summed E-state index contributed by atoms with van der Waals surface area (Å²) in [5.41, 5.74) is 35.5. The van der Waals surface area contributed by atoms with Gasteiger partial charge in [-0.25, -0.2) is 27.4 Å². The second-order valence-corrected chi connectivity index (χ2v) is 25.4. The molecule has 480 valence electrons. The van der Waals surface area contributed by atoms with Gasteiger partial charge in [-0.3, -0.25) is 0 Å². The molecule has 0 amide bonds. The Balaban J connectivity index is 0.000000164. The van der Waals surface area contributed by atoms with Crippen molar-refractivity contribution in [3.8, 4) is 67.5 Å². The molecule has 0 aliphatic heterocycles. The Morgan fingerprint density at radius 1 is 0.223 bits per heavy atom. The average Bonchev–Trinajstić information content (AvgIpc) is 0.765. The first-order chi connectivity index (χ1) is 46.0. The van der Waals surface area contributed by atoms with Gasteiger partial charge in [-0.2, -0.15) is 0 Å². The molecule has 94 heavy (non-hydrogen) atoms. The first-order valence-electron chi connectivity index (χ1n) is 34.2. The summed E-state index contributed by atoms with van der Waals surface area (Å²) in [4.78, 5) is 0. The standard InChI is InChI=1S/C16H20N.2C15H18N.3C14H16N/c1-11-8-6-7-9-15(11)16-14(4)13(3)12(2)10-17(16)5;1-11-9-13(3)15(16(4)10-11)14-8-6-5-7-12(14)2;1-11-9-10-16(4)15(13(11)3)14-8-6-5-7-12(14)2;1-11-7-4-5-9-13(11)14-12(2)8-6-10-15(14)3;1-11-8-9-15(3)14(10-11)13-7-5-4-6-12(13)2;1-11-8-9-14(15(3)10-11)13-7-5-4-6-12(13)2/h6-10H,1-5H3;2*5-10H,1-4H3;3*4-10H,1-3H3/q6*+1/i;;;;;1D3. The first kappa shape index (κ1) is 67.1. The van der Waals surface area contributed by atoms with E-state index in [1.807, 2.05) is 48.9 Å². The van der Waals surface area contributed by atoms with Crippen LogP contribution >= 0.6 is 0 Å². The topological polar surface area (TPSA) is 23.3 Å². The van der Waals surface area contributed by atoms with Gasteiger partial charge in [0.05, 0.1) is 0 Å². The fourth-order valence-corrected chi connectivity index (χ4v) is 12.4. The lowest BCUT2D eigenvalue weighted by Gasteiger charge is -2.10. The molecule has 0 atom stereocenters. The Bertz CT molecular complexity index is 4670. The lowest BCUT2D eigenvalue weighted by Crippen LogP contribution is -2.33. The molecule has 0 radical (unpaired) electrons. The van der Waals surface area contributed by atoms with Gasteiger partial charge < -0.3 is 0 Å². The number of rotatable bonds is 6. The number of hydrogen-bond donors (Lipinski definition) is 0. The molecule has 0 aliphatic rings. The van der Waals surface area contributed by atoms with Crippen LogP contribution in [-0.2, 0) is 42.3 Å². The summed E-state index contributed by atoms with van der Waals surface area (Å²) >= 11 is 0. The van der Waals surface area contributed by atoms with Crippen LogP contribution in [-0.4, -0.2) is 0 Å². The van der Waals surface area contributed by atoms with Gasteiger partial charge in [0.15, 0.2) is 37.2 Å². The van der Waals surface area contributed by atoms with Crippen LogP contribution in [0.15, 0.2) is 231 Å². The highest BCUT2D eigenvalue weighted by molar-refractivity contribution is 5.68. The van der Waals surface area contributed by atoms with Crippen LogP contribution in [0.3, 0.4) is 0 Å². The van der Waals surface area contributed by atoms with Crippen LogP contribution in [0.25, 0.3) is 67.5 Å². The van der Waals surface area contributed by atoms with Crippen LogP contribution in [0.2, 0.25) is 0 Å². The van der Waals surface area contributed by atoms with E-state index in [1.54, 1.807) is 12.3 Å². The van der Waals surface area contributed by atoms with Gasteiger partial charge in [-0.1, -0.05) is 109 Å². The van der Waals surface area contributed by atoms with Gasteiger partial charge in [0.25, 0.3) is 0 Å². The van der Waals surface area contributed by atoms with Crippen LogP contribution in [0, 0.1) is 111 Å². The molecular formula is C88H104N6+6. The number of nitrogens with zero attached hydrogens (tertiary/aromatic N) is 6. The van der Waals surface area contributed by atoms with Crippen molar-refractivity contribution >= 4 is 0 Å². The maximum absolute atomic E-state index is 7.41. The monoisotopic (exact) mass is 1250 g/mol. The van der Waals surface area contributed by atoms with Crippen molar-refractivity contribution in [2.24, 2.45) is 42.3 Å². The fraction of sp³-hybridized carbons (Fsp3) is 0.250. The predicted octanol–water partition coefficient (Wildman–Crippen LogP) is 18.0. The molecule has 0 bridgehead atoms. The molecule has 0 aliphatic carbocycles. The number of benzene rings is 6. The Labute approximate surface area is 569 Å². The quantitative estimate of drug-likeness (QED) is 0.148. The maximum Gasteiger partial charge on any atom is 0.215 e. The van der Waals surface area contributed by atoms with E-state index in [-0.39, 0.29) is 0 Å². The molecule has 12 aromatic rings. The SMILES string of the molecule is Cc1cc(C)c(-c2ccccc2C)[n+](C)c1.Cc1cc[n+](C)c(-c2ccccc2C)c1.Cc1ccccc1-c1c(C)c(C)c(C)c[n+]1C.Cc1ccccc1-c1c(C)c(C)cc[n+]1C.Cc1ccccc1-c1c(C)ccc[n+]1C.[2H]C([2H])([2H])c1ccc(-c2ccccc2C)[n+](C)c1. The molecule has 0 saturated heterocycles. The summed E-state index contributed by atoms with van der Waals surface area (Å²) in [7, 11) is 12.4. The van der Waals surface area contributed by atoms with Gasteiger partial charge >= 0.3 is 0 Å². The predicted molar refractivity (Wildman–Crippen MR) is 394 cm³/mol. The third-order valence-electron chi connectivity index (χ3n) is 17.9. The second-order valence-electron chi connectivity index (χ2n) is 25.4. The molecule has 0 spiro atoms. The minimum Gasteiger partial charge on any atom is -0.201 e. The molecule has 6 nitrogen and oxygen atoms in total. The van der Waals surface area contributed by atoms with Gasteiger partial charge in [0, 0.05) is 107 Å². The van der Waals surface area contributed by atoms with E-state index in [2.05, 4.69) is 344 Å². The number of aromatic nitrogens is 6. The second kappa shape index (κ2) is 33.2. The molecule has 0 fully saturated rings. The number of hydrogen-bond acceptors (Lipinski definition) is 0. The molecule has 6 aromatic heterocycles. The van der Waals surface area contributed by atoms with Gasteiger partial charge in [0.2, 0.25) is 34.2 Å². The molecule has 0 N–H and O–H groups in total. The molecule has 0 unspecified atom stereocenters. The summed E-state index contributed by atoms with van der Waals surface area (Å²) in [6, 6.07) is 67.2. The van der Waals surface area contributed by atoms with Gasteiger partial charge in [-0.15, -0.1) is 0 Å². The van der Waals surface area contributed by atoms with Crippen LogP contribution in [0.4, 0.5) is 0 Å². The van der Waals surface area contributed by atoms with Crippen molar-refractivity contribution in [1.29, 1.82) is 0 Å². The molecule has 6 aromatic carbocycles. The summed E-state index contributed by atoms with van der Waals surface area (Å²) < 4.78 is 35.1. The van der Waals surface area contributed by atoms with E-state index in [0.717, 1.165) is 11.3 Å². The molecule has 0 saturated carbocycles. The fourth-order valence-electron chi connectivity index (χ4n) is 12.4. The van der Waals surface area contributed by atoms with Crippen molar-refractivity contribution < 1.29 is 31.5 Å². The van der Waals surface area contributed by atoms with Crippen LogP contribution in [0.5, 0.6) is 0 Å². The lowest BCUT2D eigenvalue weighted by atomic mass is 9.97.